The Bertz CT molecular complexity index is 967. The molecule has 2 heterocycles. The molecule has 0 spiro atoms. The van der Waals surface area contributed by atoms with Crippen LogP contribution in [0, 0.1) is 0 Å². The van der Waals surface area contributed by atoms with Crippen LogP contribution in [0.25, 0.3) is 10.2 Å². The molecule has 6 nitrogen and oxygen atoms in total. The number of amides is 1. The van der Waals surface area contributed by atoms with Gasteiger partial charge in [0.15, 0.2) is 5.13 Å². The van der Waals surface area contributed by atoms with Gasteiger partial charge in [-0.25, -0.2) is 9.78 Å². The molecule has 7 heteroatoms. The van der Waals surface area contributed by atoms with Gasteiger partial charge in [0, 0.05) is 24.7 Å². The van der Waals surface area contributed by atoms with Crippen LogP contribution in [-0.2, 0) is 4.74 Å². The summed E-state index contributed by atoms with van der Waals surface area (Å²) in [5.74, 6) is -0.543. The van der Waals surface area contributed by atoms with Crippen LogP contribution >= 0.6 is 11.3 Å². The van der Waals surface area contributed by atoms with E-state index < -0.39 is 5.97 Å². The van der Waals surface area contributed by atoms with Gasteiger partial charge in [-0.1, -0.05) is 23.5 Å². The second-order valence-corrected chi connectivity index (χ2v) is 7.80. The number of methoxy groups -OCH3 is 1. The summed E-state index contributed by atoms with van der Waals surface area (Å²) < 4.78 is 5.86. The first-order valence-corrected chi connectivity index (χ1v) is 10.1. The van der Waals surface area contributed by atoms with Crippen molar-refractivity contribution in [3.8, 4) is 0 Å². The van der Waals surface area contributed by atoms with Gasteiger partial charge in [-0.05, 0) is 49.2 Å². The molecular weight excluding hydrogens is 374 g/mol. The van der Waals surface area contributed by atoms with E-state index in [-0.39, 0.29) is 11.9 Å². The zero-order chi connectivity index (χ0) is 19.5. The van der Waals surface area contributed by atoms with E-state index in [9.17, 15) is 9.59 Å². The number of hydrogen-bond acceptors (Lipinski definition) is 6. The number of nitrogens with one attached hydrogen (secondary N) is 1. The van der Waals surface area contributed by atoms with Crippen molar-refractivity contribution in [2.45, 2.75) is 18.9 Å². The van der Waals surface area contributed by atoms with Crippen molar-refractivity contribution in [2.24, 2.45) is 0 Å². The molecule has 4 rings (SSSR count). The maximum atomic E-state index is 12.6. The van der Waals surface area contributed by atoms with E-state index in [0.717, 1.165) is 36.6 Å². The Morgan fingerprint density at radius 2 is 1.89 bits per heavy atom. The number of anilines is 1. The van der Waals surface area contributed by atoms with E-state index in [1.807, 2.05) is 18.2 Å². The van der Waals surface area contributed by atoms with E-state index in [1.165, 1.54) is 11.8 Å². The molecule has 1 amide bonds. The predicted molar refractivity (Wildman–Crippen MR) is 110 cm³/mol. The molecule has 144 valence electrons. The lowest BCUT2D eigenvalue weighted by Gasteiger charge is -2.33. The summed E-state index contributed by atoms with van der Waals surface area (Å²) in [4.78, 5) is 31.1. The number of para-hydroxylation sites is 1. The minimum absolute atomic E-state index is 0.0635. The van der Waals surface area contributed by atoms with Gasteiger partial charge in [-0.3, -0.25) is 4.79 Å². The number of rotatable bonds is 4. The fraction of sp³-hybridized carbons (Fsp3) is 0.286. The zero-order valence-corrected chi connectivity index (χ0v) is 16.4. The van der Waals surface area contributed by atoms with Crippen molar-refractivity contribution in [1.29, 1.82) is 0 Å². The fourth-order valence-corrected chi connectivity index (χ4v) is 4.41. The lowest BCUT2D eigenvalue weighted by Crippen LogP contribution is -2.47. The number of esters is 1. The molecule has 1 saturated heterocycles. The van der Waals surface area contributed by atoms with Crippen LogP contribution in [0.2, 0.25) is 0 Å². The molecule has 1 unspecified atom stereocenters. The molecule has 28 heavy (non-hydrogen) atoms. The lowest BCUT2D eigenvalue weighted by molar-refractivity contribution is 0.0600. The van der Waals surface area contributed by atoms with E-state index in [4.69, 9.17) is 4.98 Å². The lowest BCUT2D eigenvalue weighted by atomic mass is 10.1. The molecule has 0 bridgehead atoms. The fourth-order valence-electron chi connectivity index (χ4n) is 3.41. The molecule has 1 aromatic heterocycles. The van der Waals surface area contributed by atoms with Gasteiger partial charge in [-0.2, -0.15) is 0 Å². The summed E-state index contributed by atoms with van der Waals surface area (Å²) >= 11 is 1.69. The highest BCUT2D eigenvalue weighted by Gasteiger charge is 2.24. The largest absolute Gasteiger partial charge is 0.465 e. The topological polar surface area (TPSA) is 71.5 Å². The summed E-state index contributed by atoms with van der Waals surface area (Å²) in [6.07, 6.45) is 1.94. The summed E-state index contributed by atoms with van der Waals surface area (Å²) in [7, 11) is 1.34. The Kier molecular flexibility index (Phi) is 5.25. The van der Waals surface area contributed by atoms with Crippen LogP contribution < -0.4 is 10.2 Å². The van der Waals surface area contributed by atoms with Crippen molar-refractivity contribution in [1.82, 2.24) is 10.3 Å². The van der Waals surface area contributed by atoms with E-state index in [2.05, 4.69) is 21.0 Å². The first-order chi connectivity index (χ1) is 13.6. The smallest absolute Gasteiger partial charge is 0.337 e. The van der Waals surface area contributed by atoms with Crippen molar-refractivity contribution in [3.05, 3.63) is 59.7 Å². The van der Waals surface area contributed by atoms with Crippen molar-refractivity contribution in [2.75, 3.05) is 25.1 Å². The van der Waals surface area contributed by atoms with Crippen LogP contribution in [0.5, 0.6) is 0 Å². The van der Waals surface area contributed by atoms with Gasteiger partial charge in [0.1, 0.15) is 0 Å². The second-order valence-electron chi connectivity index (χ2n) is 6.79. The molecule has 2 aromatic carbocycles. The van der Waals surface area contributed by atoms with Gasteiger partial charge >= 0.3 is 5.97 Å². The highest BCUT2D eigenvalue weighted by Crippen LogP contribution is 2.30. The number of carbonyl (C=O) groups excluding carboxylic acids is 2. The van der Waals surface area contributed by atoms with Gasteiger partial charge < -0.3 is 15.0 Å². The first-order valence-electron chi connectivity index (χ1n) is 9.24. The number of fused-ring (bicyclic) bond motifs is 1. The van der Waals surface area contributed by atoms with E-state index in [1.54, 1.807) is 35.6 Å². The third-order valence-electron chi connectivity index (χ3n) is 4.88. The molecule has 1 N–H and O–H groups in total. The Morgan fingerprint density at radius 3 is 2.64 bits per heavy atom. The third-order valence-corrected chi connectivity index (χ3v) is 5.98. The average Bonchev–Trinajstić information content (AvgIpc) is 3.18. The molecule has 1 aliphatic rings. The maximum Gasteiger partial charge on any atom is 0.337 e. The quantitative estimate of drug-likeness (QED) is 0.685. The van der Waals surface area contributed by atoms with E-state index in [0.29, 0.717) is 11.1 Å². The Labute approximate surface area is 167 Å². The molecule has 0 radical (unpaired) electrons. The van der Waals surface area contributed by atoms with Crippen LogP contribution in [0.15, 0.2) is 48.5 Å². The van der Waals surface area contributed by atoms with Gasteiger partial charge in [0.2, 0.25) is 0 Å². The van der Waals surface area contributed by atoms with Gasteiger partial charge in [0.25, 0.3) is 5.91 Å². The molecule has 0 saturated carbocycles. The van der Waals surface area contributed by atoms with Gasteiger partial charge in [-0.15, -0.1) is 0 Å². The minimum Gasteiger partial charge on any atom is -0.465 e. The third kappa shape index (κ3) is 3.84. The number of hydrogen-bond donors (Lipinski definition) is 1. The molecule has 1 atom stereocenters. The number of thiazole rings is 1. The van der Waals surface area contributed by atoms with Crippen LogP contribution in [0.1, 0.15) is 33.6 Å². The molecule has 0 aliphatic carbocycles. The molecule has 1 aliphatic heterocycles. The first kappa shape index (κ1) is 18.4. The van der Waals surface area contributed by atoms with E-state index >= 15 is 0 Å². The highest BCUT2D eigenvalue weighted by molar-refractivity contribution is 7.22. The van der Waals surface area contributed by atoms with Crippen LogP contribution in [0.3, 0.4) is 0 Å². The van der Waals surface area contributed by atoms with Gasteiger partial charge in [0.05, 0.1) is 22.9 Å². The molecule has 3 aromatic rings. The normalized spacial score (nSPS) is 16.8. The SMILES string of the molecule is COC(=O)c1ccc(C(=O)NC2CCCN(c3nc4ccccc4s3)C2)cc1. The summed E-state index contributed by atoms with van der Waals surface area (Å²) in [6, 6.07) is 14.7. The standard InChI is InChI=1S/C21H21N3O3S/c1-27-20(26)15-10-8-14(9-11-15)19(25)22-16-5-4-12-24(13-16)21-23-17-6-2-3-7-18(17)28-21/h2-3,6-11,16H,4-5,12-13H2,1H3,(H,22,25). The number of ether oxygens (including phenoxy) is 1. The number of nitrogens with zero attached hydrogens (tertiary/aromatic N) is 2. The maximum absolute atomic E-state index is 12.6. The summed E-state index contributed by atoms with van der Waals surface area (Å²) in [5, 5.41) is 4.11. The number of benzene rings is 2. The van der Waals surface area contributed by atoms with Crippen LogP contribution in [0.4, 0.5) is 5.13 Å². The predicted octanol–water partition coefficient (Wildman–Crippen LogP) is 3.48. The number of aromatic nitrogens is 1. The number of piperidine rings is 1. The highest BCUT2D eigenvalue weighted by atomic mass is 32.1. The number of carbonyl (C=O) groups is 2. The van der Waals surface area contributed by atoms with Crippen molar-refractivity contribution >= 4 is 38.6 Å². The Morgan fingerprint density at radius 1 is 1.14 bits per heavy atom. The van der Waals surface area contributed by atoms with Crippen LogP contribution in [-0.4, -0.2) is 43.1 Å². The zero-order valence-electron chi connectivity index (χ0n) is 15.6. The molecular formula is C21H21N3O3S. The monoisotopic (exact) mass is 395 g/mol. The molecule has 1 fully saturated rings. The summed E-state index contributed by atoms with van der Waals surface area (Å²) in [6.45, 7) is 1.69. The minimum atomic E-state index is -0.411. The van der Waals surface area contributed by atoms with Crippen molar-refractivity contribution in [3.63, 3.8) is 0 Å². The second kappa shape index (κ2) is 7.98. The summed E-state index contributed by atoms with van der Waals surface area (Å²) in [5.41, 5.74) is 1.97. The average molecular weight is 395 g/mol. The Balaban J connectivity index is 1.41. The Hall–Kier alpha value is -2.93. The van der Waals surface area contributed by atoms with Crippen molar-refractivity contribution < 1.29 is 14.3 Å².